The topological polar surface area (TPSA) is 131 Å². The van der Waals surface area contributed by atoms with Gasteiger partial charge in [-0.2, -0.15) is 0 Å². The van der Waals surface area contributed by atoms with E-state index in [9.17, 15) is 19.2 Å². The number of carbonyl (C=O) groups excluding carboxylic acids is 4. The summed E-state index contributed by atoms with van der Waals surface area (Å²) in [6.45, 7) is 1.07. The van der Waals surface area contributed by atoms with E-state index in [0.717, 1.165) is 35.1 Å². The predicted octanol–water partition coefficient (Wildman–Crippen LogP) is 6.47. The van der Waals surface area contributed by atoms with E-state index in [-0.39, 0.29) is 23.6 Å². The van der Waals surface area contributed by atoms with Crippen molar-refractivity contribution in [2.75, 3.05) is 51.9 Å². The molecule has 0 spiro atoms. The number of rotatable bonds is 12. The Balaban J connectivity index is 0.951. The van der Waals surface area contributed by atoms with Crippen LogP contribution >= 0.6 is 0 Å². The van der Waals surface area contributed by atoms with Crippen LogP contribution in [0.1, 0.15) is 48.9 Å². The Bertz CT molecular complexity index is 2020. The number of amides is 4. The van der Waals surface area contributed by atoms with Gasteiger partial charge in [0.1, 0.15) is 24.2 Å². The van der Waals surface area contributed by atoms with Gasteiger partial charge in [0.2, 0.25) is 29.5 Å². The quantitative estimate of drug-likeness (QED) is 0.148. The van der Waals surface area contributed by atoms with Gasteiger partial charge in [0.25, 0.3) is 0 Å². The number of aromatic nitrogens is 1. The third kappa shape index (κ3) is 8.67. The van der Waals surface area contributed by atoms with E-state index in [0.29, 0.717) is 49.0 Å². The zero-order valence-electron chi connectivity index (χ0n) is 32.8. The second kappa shape index (κ2) is 17.4. The molecule has 3 heterocycles. The van der Waals surface area contributed by atoms with E-state index < -0.39 is 24.2 Å². The van der Waals surface area contributed by atoms with Crippen molar-refractivity contribution in [2.24, 2.45) is 0 Å². The fourth-order valence-electron chi connectivity index (χ4n) is 7.92. The van der Waals surface area contributed by atoms with Gasteiger partial charge >= 0.3 is 0 Å². The fourth-order valence-corrected chi connectivity index (χ4v) is 7.92. The van der Waals surface area contributed by atoms with Crippen LogP contribution in [0.2, 0.25) is 0 Å². The van der Waals surface area contributed by atoms with E-state index in [1.165, 1.54) is 0 Å². The molecule has 2 aliphatic heterocycles. The van der Waals surface area contributed by atoms with Gasteiger partial charge in [-0.1, -0.05) is 60.7 Å². The van der Waals surface area contributed by atoms with Crippen molar-refractivity contribution in [3.63, 3.8) is 0 Å². The van der Waals surface area contributed by atoms with Crippen LogP contribution < -0.4 is 10.6 Å². The molecule has 2 fully saturated rings. The van der Waals surface area contributed by atoms with Crippen LogP contribution in [0.3, 0.4) is 0 Å². The molecule has 0 radical (unpaired) electrons. The lowest BCUT2D eigenvalue weighted by atomic mass is 10.0. The third-order valence-corrected chi connectivity index (χ3v) is 10.8. The smallest absolute Gasteiger partial charge is 0.247 e. The molecule has 5 aromatic rings. The number of hydrogen-bond donors (Lipinski definition) is 2. The summed E-state index contributed by atoms with van der Waals surface area (Å²) >= 11 is 0. The molecule has 12 nitrogen and oxygen atoms in total. The lowest BCUT2D eigenvalue weighted by Crippen LogP contribution is -2.47. The second-order valence-electron chi connectivity index (χ2n) is 15.1. The molecule has 4 amide bonds. The van der Waals surface area contributed by atoms with Crippen LogP contribution in [0.25, 0.3) is 22.8 Å². The van der Waals surface area contributed by atoms with Crippen LogP contribution in [0.15, 0.2) is 120 Å². The molecule has 4 aromatic carbocycles. The summed E-state index contributed by atoms with van der Waals surface area (Å²) in [7, 11) is 7.51. The van der Waals surface area contributed by atoms with Gasteiger partial charge in [0, 0.05) is 35.6 Å². The Morgan fingerprint density at radius 2 is 1.04 bits per heavy atom. The van der Waals surface area contributed by atoms with Crippen LogP contribution in [-0.2, 0) is 19.2 Å². The zero-order chi connectivity index (χ0) is 40.1. The molecule has 57 heavy (non-hydrogen) atoms. The molecule has 294 valence electrons. The van der Waals surface area contributed by atoms with Crippen LogP contribution in [-0.4, -0.2) is 102 Å². The van der Waals surface area contributed by atoms with Gasteiger partial charge in [0.05, 0.1) is 6.20 Å². The average Bonchev–Trinajstić information content (AvgIpc) is 4.01. The number of likely N-dealkylation sites (N-methyl/N-ethyl adjacent to an activating group) is 2. The average molecular weight is 768 g/mol. The summed E-state index contributed by atoms with van der Waals surface area (Å²) in [6, 6.07) is 31.8. The third-order valence-electron chi connectivity index (χ3n) is 10.8. The van der Waals surface area contributed by atoms with Crippen molar-refractivity contribution < 1.29 is 23.6 Å². The number of nitrogens with one attached hydrogen (secondary N) is 2. The Morgan fingerprint density at radius 3 is 1.46 bits per heavy atom. The molecule has 7 rings (SSSR count). The number of anilines is 2. The molecular formula is C45H49N7O5. The van der Waals surface area contributed by atoms with Gasteiger partial charge in [-0.25, -0.2) is 4.98 Å². The maximum Gasteiger partial charge on any atom is 0.247 e. The molecule has 0 aliphatic carbocycles. The highest BCUT2D eigenvalue weighted by molar-refractivity contribution is 5.99. The Morgan fingerprint density at radius 1 is 0.614 bits per heavy atom. The van der Waals surface area contributed by atoms with Crippen molar-refractivity contribution in [3.05, 3.63) is 127 Å². The van der Waals surface area contributed by atoms with Crippen molar-refractivity contribution in [1.29, 1.82) is 0 Å². The monoisotopic (exact) mass is 767 g/mol. The van der Waals surface area contributed by atoms with Crippen LogP contribution in [0.4, 0.5) is 11.4 Å². The first-order valence-corrected chi connectivity index (χ1v) is 19.4. The van der Waals surface area contributed by atoms with Gasteiger partial charge in [-0.15, -0.1) is 0 Å². The standard InChI is InChI=1S/C45H49N7O5/c1-49(2)39(31-13-7-5-8-14-31)44(55)51-27-11-17-36(51)41(53)47-34-23-19-30(20-24-34)38-29-46-43(57-38)33-21-25-35(26-22-33)48-42(54)37-18-12-28-52(37)45(56)40(50(3)4)32-15-9-6-10-16-32/h5-10,13-16,19-26,29,36-37,39-40H,11-12,17-18,27-28H2,1-4H3,(H,47,53)(H,48,54)/t36?,37?,39-,40-/m1/s1. The molecule has 0 bridgehead atoms. The zero-order valence-corrected chi connectivity index (χ0v) is 32.8. The van der Waals surface area contributed by atoms with E-state index in [1.54, 1.807) is 28.1 Å². The molecule has 1 aromatic heterocycles. The molecular weight excluding hydrogens is 719 g/mol. The predicted molar refractivity (Wildman–Crippen MR) is 220 cm³/mol. The fraction of sp³-hybridized carbons (Fsp3) is 0.311. The highest BCUT2D eigenvalue weighted by Gasteiger charge is 2.40. The van der Waals surface area contributed by atoms with E-state index >= 15 is 0 Å². The Kier molecular flexibility index (Phi) is 11.9. The Labute approximate surface area is 333 Å². The van der Waals surface area contributed by atoms with Crippen molar-refractivity contribution in [2.45, 2.75) is 49.9 Å². The van der Waals surface area contributed by atoms with Gasteiger partial charge in [0.15, 0.2) is 5.76 Å². The Hall–Kier alpha value is -6.11. The van der Waals surface area contributed by atoms with E-state index in [1.807, 2.05) is 135 Å². The summed E-state index contributed by atoms with van der Waals surface area (Å²) < 4.78 is 6.12. The first kappa shape index (κ1) is 39.1. The summed E-state index contributed by atoms with van der Waals surface area (Å²) in [6.07, 6.45) is 4.37. The normalized spacial score (nSPS) is 17.8. The number of carbonyl (C=O) groups is 4. The van der Waals surface area contributed by atoms with Gasteiger partial charge in [-0.3, -0.25) is 29.0 Å². The summed E-state index contributed by atoms with van der Waals surface area (Å²) in [5.41, 5.74) is 4.53. The largest absolute Gasteiger partial charge is 0.436 e. The van der Waals surface area contributed by atoms with Crippen molar-refractivity contribution in [3.8, 4) is 22.8 Å². The minimum Gasteiger partial charge on any atom is -0.436 e. The maximum atomic E-state index is 13.7. The van der Waals surface area contributed by atoms with Crippen molar-refractivity contribution >= 4 is 35.0 Å². The molecule has 12 heteroatoms. The molecule has 2 aliphatic rings. The van der Waals surface area contributed by atoms with Gasteiger partial charge < -0.3 is 24.9 Å². The number of nitrogens with zero attached hydrogens (tertiary/aromatic N) is 5. The lowest BCUT2D eigenvalue weighted by Gasteiger charge is -2.31. The number of hydrogen-bond acceptors (Lipinski definition) is 8. The number of likely N-dealkylation sites (tertiary alicyclic amines) is 2. The summed E-state index contributed by atoms with van der Waals surface area (Å²) in [5, 5.41) is 6.00. The number of oxazole rings is 1. The first-order chi connectivity index (χ1) is 27.6. The van der Waals surface area contributed by atoms with Crippen LogP contribution in [0, 0.1) is 0 Å². The lowest BCUT2D eigenvalue weighted by molar-refractivity contribution is -0.141. The summed E-state index contributed by atoms with van der Waals surface area (Å²) in [5.74, 6) is 0.381. The minimum atomic E-state index is -0.556. The number of benzene rings is 4. The first-order valence-electron chi connectivity index (χ1n) is 19.4. The molecule has 0 saturated carbocycles. The van der Waals surface area contributed by atoms with Gasteiger partial charge in [-0.05, 0) is 114 Å². The van der Waals surface area contributed by atoms with E-state index in [2.05, 4.69) is 15.6 Å². The van der Waals surface area contributed by atoms with E-state index in [4.69, 9.17) is 4.42 Å². The molecule has 2 saturated heterocycles. The SMILES string of the molecule is CN(C)[C@@H](C(=O)N1CCCC1C(=O)Nc1ccc(-c2cnc(-c3ccc(NC(=O)C4CCCN4C(=O)[C@@H](c4ccccc4)N(C)C)cc3)o2)cc1)c1ccccc1. The second-order valence-corrected chi connectivity index (χ2v) is 15.1. The highest BCUT2D eigenvalue weighted by Crippen LogP contribution is 2.31. The highest BCUT2D eigenvalue weighted by atomic mass is 16.4. The van der Waals surface area contributed by atoms with Crippen LogP contribution in [0.5, 0.6) is 0 Å². The maximum absolute atomic E-state index is 13.7. The van der Waals surface area contributed by atoms with Crippen molar-refractivity contribution in [1.82, 2.24) is 24.6 Å². The minimum absolute atomic E-state index is 0.0820. The molecule has 2 N–H and O–H groups in total. The molecule has 4 atom stereocenters. The molecule has 2 unspecified atom stereocenters. The summed E-state index contributed by atoms with van der Waals surface area (Å²) in [4.78, 5) is 66.1.